The molecule has 0 aliphatic carbocycles. The van der Waals surface area contributed by atoms with E-state index in [9.17, 15) is 8.42 Å². The van der Waals surface area contributed by atoms with Gasteiger partial charge in [0.2, 0.25) is 0 Å². The summed E-state index contributed by atoms with van der Waals surface area (Å²) in [5.74, 6) is 2.07. The van der Waals surface area contributed by atoms with E-state index >= 15 is 0 Å². The molecule has 0 N–H and O–H groups in total. The number of hydrogen-bond donors (Lipinski definition) is 0. The minimum Gasteiger partial charge on any atom is -0.307 e. The van der Waals surface area contributed by atoms with Crippen LogP contribution in [0.2, 0.25) is 0 Å². The zero-order chi connectivity index (χ0) is 15.9. The van der Waals surface area contributed by atoms with E-state index in [4.69, 9.17) is 12.2 Å². The second-order valence-electron chi connectivity index (χ2n) is 6.74. The molecule has 0 radical (unpaired) electrons. The van der Waals surface area contributed by atoms with Crippen molar-refractivity contribution in [2.24, 2.45) is 13.0 Å². The van der Waals surface area contributed by atoms with Gasteiger partial charge in [-0.15, -0.1) is 0 Å². The molecule has 0 bridgehead atoms. The molecule has 22 heavy (non-hydrogen) atoms. The van der Waals surface area contributed by atoms with Crippen molar-refractivity contribution >= 4 is 22.1 Å². The molecule has 2 fully saturated rings. The van der Waals surface area contributed by atoms with E-state index in [0.29, 0.717) is 17.9 Å². The Labute approximate surface area is 137 Å². The van der Waals surface area contributed by atoms with Gasteiger partial charge in [-0.2, -0.15) is 5.10 Å². The smallest absolute Gasteiger partial charge is 0.198 e. The quantitative estimate of drug-likeness (QED) is 0.779. The van der Waals surface area contributed by atoms with Crippen LogP contribution in [0.25, 0.3) is 0 Å². The van der Waals surface area contributed by atoms with Crippen LogP contribution in [0.5, 0.6) is 0 Å². The average molecular weight is 345 g/mol. The zero-order valence-electron chi connectivity index (χ0n) is 13.2. The van der Waals surface area contributed by atoms with Crippen LogP contribution in [0, 0.1) is 10.7 Å². The molecule has 1 aromatic heterocycles. The lowest BCUT2D eigenvalue weighted by atomic mass is 10.00. The molecule has 6 nitrogen and oxygen atoms in total. The molecule has 2 aliphatic rings. The molecule has 1 atom stereocenters. The lowest BCUT2D eigenvalue weighted by molar-refractivity contribution is 0.145. The summed E-state index contributed by atoms with van der Waals surface area (Å²) in [5, 5.41) is 4.64. The Morgan fingerprint density at radius 2 is 1.95 bits per heavy atom. The van der Waals surface area contributed by atoms with Gasteiger partial charge in [0, 0.05) is 26.1 Å². The highest BCUT2D eigenvalue weighted by molar-refractivity contribution is 7.91. The number of sulfone groups is 1. The number of piperidine rings is 1. The summed E-state index contributed by atoms with van der Waals surface area (Å²) >= 11 is 5.49. The molecule has 0 saturated carbocycles. The van der Waals surface area contributed by atoms with Crippen LogP contribution in [0.1, 0.15) is 37.9 Å². The number of nitrogens with zero attached hydrogens (tertiary/aromatic N) is 4. The standard InChI is InChI=1S/C14H24N4O2S2/c1-11-3-6-17(7-4-11)10-18-14(21)16(2)13(15-18)12-5-8-22(19,20)9-12/h11-12H,3-10H2,1-2H3/t12-/m0/s1. The van der Waals surface area contributed by atoms with Gasteiger partial charge >= 0.3 is 0 Å². The fourth-order valence-electron chi connectivity index (χ4n) is 3.34. The fraction of sp³-hybridized carbons (Fsp3) is 0.857. The van der Waals surface area contributed by atoms with Gasteiger partial charge in [-0.3, -0.25) is 4.90 Å². The molecule has 0 amide bonds. The summed E-state index contributed by atoms with van der Waals surface area (Å²) in [6, 6.07) is 0. The number of aromatic nitrogens is 3. The Kier molecular flexibility index (Phi) is 4.44. The summed E-state index contributed by atoms with van der Waals surface area (Å²) in [7, 11) is -1.01. The highest BCUT2D eigenvalue weighted by atomic mass is 32.2. The summed E-state index contributed by atoms with van der Waals surface area (Å²) in [5.41, 5.74) is 0. The van der Waals surface area contributed by atoms with Crippen molar-refractivity contribution in [3.63, 3.8) is 0 Å². The molecule has 2 aliphatic heterocycles. The van der Waals surface area contributed by atoms with Crippen LogP contribution in [0.4, 0.5) is 0 Å². The molecule has 0 spiro atoms. The first-order valence-electron chi connectivity index (χ1n) is 7.92. The first-order chi connectivity index (χ1) is 10.4. The van der Waals surface area contributed by atoms with Crippen molar-refractivity contribution in [2.45, 2.75) is 38.8 Å². The largest absolute Gasteiger partial charge is 0.307 e. The van der Waals surface area contributed by atoms with Gasteiger partial charge in [-0.1, -0.05) is 6.92 Å². The third kappa shape index (κ3) is 3.28. The molecule has 8 heteroatoms. The first-order valence-corrected chi connectivity index (χ1v) is 10.1. The maximum absolute atomic E-state index is 11.7. The molecular formula is C14H24N4O2S2. The zero-order valence-corrected chi connectivity index (χ0v) is 14.9. The number of hydrogen-bond acceptors (Lipinski definition) is 5. The first kappa shape index (κ1) is 16.1. The highest BCUT2D eigenvalue weighted by Gasteiger charge is 2.32. The van der Waals surface area contributed by atoms with Gasteiger partial charge < -0.3 is 4.57 Å². The van der Waals surface area contributed by atoms with Gasteiger partial charge in [-0.05, 0) is 37.4 Å². The third-order valence-corrected chi connectivity index (χ3v) is 7.13. The maximum Gasteiger partial charge on any atom is 0.198 e. The molecule has 3 rings (SSSR count). The Bertz CT molecular complexity index is 699. The van der Waals surface area contributed by atoms with E-state index in [1.165, 1.54) is 12.8 Å². The van der Waals surface area contributed by atoms with Gasteiger partial charge in [-0.25, -0.2) is 13.1 Å². The van der Waals surface area contributed by atoms with Crippen LogP contribution >= 0.6 is 12.2 Å². The van der Waals surface area contributed by atoms with Crippen molar-refractivity contribution in [3.05, 3.63) is 10.6 Å². The van der Waals surface area contributed by atoms with E-state index in [1.807, 2.05) is 16.3 Å². The predicted molar refractivity (Wildman–Crippen MR) is 88.0 cm³/mol. The van der Waals surface area contributed by atoms with Crippen LogP contribution in [0.3, 0.4) is 0 Å². The van der Waals surface area contributed by atoms with E-state index < -0.39 is 9.84 Å². The Hall–Kier alpha value is -0.730. The highest BCUT2D eigenvalue weighted by Crippen LogP contribution is 2.27. The second-order valence-corrected chi connectivity index (χ2v) is 9.34. The lowest BCUT2D eigenvalue weighted by Crippen LogP contribution is -2.34. The van der Waals surface area contributed by atoms with Gasteiger partial charge in [0.1, 0.15) is 5.82 Å². The number of likely N-dealkylation sites (tertiary alicyclic amines) is 1. The molecule has 124 valence electrons. The summed E-state index contributed by atoms with van der Waals surface area (Å²) < 4.78 is 27.8. The van der Waals surface area contributed by atoms with Crippen molar-refractivity contribution in [3.8, 4) is 0 Å². The normalized spacial score (nSPS) is 26.5. The van der Waals surface area contributed by atoms with Gasteiger partial charge in [0.15, 0.2) is 14.6 Å². The SMILES string of the molecule is CC1CCN(Cn2nc([C@H]3CCS(=O)(=O)C3)n(C)c2=S)CC1. The Morgan fingerprint density at radius 3 is 2.55 bits per heavy atom. The topological polar surface area (TPSA) is 60.1 Å². The molecule has 0 unspecified atom stereocenters. The summed E-state index contributed by atoms with van der Waals surface area (Å²) in [4.78, 5) is 2.37. The maximum atomic E-state index is 11.7. The molecule has 0 aromatic carbocycles. The molecule has 3 heterocycles. The second kappa shape index (κ2) is 6.05. The van der Waals surface area contributed by atoms with E-state index in [2.05, 4.69) is 16.9 Å². The summed E-state index contributed by atoms with van der Waals surface area (Å²) in [6.07, 6.45) is 3.09. The molecule has 1 aromatic rings. The fourth-order valence-corrected chi connectivity index (χ4v) is 5.28. The van der Waals surface area contributed by atoms with Gasteiger partial charge in [0.05, 0.1) is 18.2 Å². The molecule has 2 saturated heterocycles. The van der Waals surface area contributed by atoms with Gasteiger partial charge in [0.25, 0.3) is 0 Å². The molecular weight excluding hydrogens is 320 g/mol. The monoisotopic (exact) mass is 344 g/mol. The Balaban J connectivity index is 1.76. The van der Waals surface area contributed by atoms with E-state index in [0.717, 1.165) is 24.8 Å². The lowest BCUT2D eigenvalue weighted by Gasteiger charge is -2.29. The van der Waals surface area contributed by atoms with E-state index in [1.54, 1.807) is 0 Å². The minimum atomic E-state index is -2.90. The Morgan fingerprint density at radius 1 is 1.27 bits per heavy atom. The van der Waals surface area contributed by atoms with Crippen molar-refractivity contribution in [1.82, 2.24) is 19.2 Å². The van der Waals surface area contributed by atoms with E-state index in [-0.39, 0.29) is 17.4 Å². The van der Waals surface area contributed by atoms with Crippen LogP contribution in [-0.4, -0.2) is 52.3 Å². The predicted octanol–water partition coefficient (Wildman–Crippen LogP) is 1.54. The van der Waals surface area contributed by atoms with Crippen LogP contribution in [-0.2, 0) is 23.6 Å². The van der Waals surface area contributed by atoms with Crippen LogP contribution in [0.15, 0.2) is 0 Å². The van der Waals surface area contributed by atoms with Crippen molar-refractivity contribution < 1.29 is 8.42 Å². The van der Waals surface area contributed by atoms with Crippen molar-refractivity contribution in [1.29, 1.82) is 0 Å². The summed E-state index contributed by atoms with van der Waals surface area (Å²) in [6.45, 7) is 5.15. The average Bonchev–Trinajstić information content (AvgIpc) is 2.96. The van der Waals surface area contributed by atoms with Crippen molar-refractivity contribution in [2.75, 3.05) is 24.6 Å². The third-order valence-electron chi connectivity index (χ3n) is 4.88. The minimum absolute atomic E-state index is 0.0145. The number of rotatable bonds is 3. The van der Waals surface area contributed by atoms with Crippen LogP contribution < -0.4 is 0 Å².